The van der Waals surface area contributed by atoms with Gasteiger partial charge in [0, 0.05) is 5.02 Å². The molecule has 0 amide bonds. The fraction of sp³-hybridized carbons (Fsp3) is 0.391. The van der Waals surface area contributed by atoms with Crippen LogP contribution in [-0.4, -0.2) is 0 Å². The van der Waals surface area contributed by atoms with E-state index in [2.05, 4.69) is 43.3 Å². The van der Waals surface area contributed by atoms with Crippen LogP contribution in [0.1, 0.15) is 53.5 Å². The van der Waals surface area contributed by atoms with Crippen LogP contribution in [0.15, 0.2) is 48.6 Å². The van der Waals surface area contributed by atoms with E-state index < -0.39 is 0 Å². The number of fused-ring (bicyclic) bond motifs is 3. The van der Waals surface area contributed by atoms with Gasteiger partial charge in [-0.1, -0.05) is 48.0 Å². The summed E-state index contributed by atoms with van der Waals surface area (Å²) in [6.07, 6.45) is 12.1. The highest BCUT2D eigenvalue weighted by Gasteiger charge is 2.26. The molecule has 1 heteroatoms. The first-order valence-corrected chi connectivity index (χ1v) is 9.63. The Balaban J connectivity index is 1.59. The van der Waals surface area contributed by atoms with Gasteiger partial charge in [-0.05, 0) is 97.2 Å². The molecular weight excluding hydrogens is 312 g/mol. The van der Waals surface area contributed by atoms with Crippen molar-refractivity contribution in [1.82, 2.24) is 0 Å². The molecule has 0 aromatic heterocycles. The molecule has 2 aromatic carbocycles. The van der Waals surface area contributed by atoms with Crippen molar-refractivity contribution in [3.05, 3.63) is 81.4 Å². The fourth-order valence-corrected chi connectivity index (χ4v) is 4.78. The van der Waals surface area contributed by atoms with E-state index in [0.29, 0.717) is 5.92 Å². The predicted molar refractivity (Wildman–Crippen MR) is 103 cm³/mol. The van der Waals surface area contributed by atoms with E-state index in [-0.39, 0.29) is 0 Å². The summed E-state index contributed by atoms with van der Waals surface area (Å²) in [7, 11) is 0. The lowest BCUT2D eigenvalue weighted by Gasteiger charge is -2.31. The first kappa shape index (κ1) is 16.0. The highest BCUT2D eigenvalue weighted by Crippen LogP contribution is 2.38. The van der Waals surface area contributed by atoms with Gasteiger partial charge in [-0.15, -0.1) is 0 Å². The largest absolute Gasteiger partial charge is 0.0914 e. The van der Waals surface area contributed by atoms with Crippen molar-refractivity contribution in [2.45, 2.75) is 51.4 Å². The Labute approximate surface area is 150 Å². The van der Waals surface area contributed by atoms with E-state index >= 15 is 0 Å². The van der Waals surface area contributed by atoms with Crippen LogP contribution in [0.3, 0.4) is 0 Å². The van der Waals surface area contributed by atoms with Crippen LogP contribution in [0.5, 0.6) is 0 Å². The molecule has 0 heterocycles. The molecule has 0 aliphatic heterocycles. The number of benzene rings is 2. The SMILES string of the molecule is CC=C[C@H]1CCc2c(ccc3c2CC[C@H](c2ccc(Cl)cc2)C3)C1. The second-order valence-electron chi connectivity index (χ2n) is 7.36. The summed E-state index contributed by atoms with van der Waals surface area (Å²) in [5, 5.41) is 0.833. The molecule has 0 fully saturated rings. The third-order valence-corrected chi connectivity index (χ3v) is 6.14. The molecule has 124 valence electrons. The molecule has 0 radical (unpaired) electrons. The minimum Gasteiger partial charge on any atom is -0.0914 e. The summed E-state index contributed by atoms with van der Waals surface area (Å²) in [6.45, 7) is 2.14. The highest BCUT2D eigenvalue weighted by atomic mass is 35.5. The van der Waals surface area contributed by atoms with Crippen LogP contribution in [0.25, 0.3) is 0 Å². The minimum atomic E-state index is 0.646. The molecule has 2 aliphatic carbocycles. The smallest absolute Gasteiger partial charge is 0.0406 e. The highest BCUT2D eigenvalue weighted by molar-refractivity contribution is 6.30. The van der Waals surface area contributed by atoms with Gasteiger partial charge < -0.3 is 0 Å². The van der Waals surface area contributed by atoms with Gasteiger partial charge in [0.05, 0.1) is 0 Å². The number of hydrogen-bond donors (Lipinski definition) is 0. The lowest BCUT2D eigenvalue weighted by molar-refractivity contribution is 0.533. The maximum absolute atomic E-state index is 6.04. The lowest BCUT2D eigenvalue weighted by Crippen LogP contribution is -2.20. The van der Waals surface area contributed by atoms with Crippen molar-refractivity contribution >= 4 is 11.6 Å². The van der Waals surface area contributed by atoms with Crippen molar-refractivity contribution in [2.24, 2.45) is 5.92 Å². The third kappa shape index (κ3) is 3.05. The molecule has 2 atom stereocenters. The Hall–Kier alpha value is -1.53. The van der Waals surface area contributed by atoms with Crippen LogP contribution in [0.2, 0.25) is 5.02 Å². The number of halogens is 1. The first-order chi connectivity index (χ1) is 11.7. The molecule has 0 N–H and O–H groups in total. The molecule has 0 spiro atoms. The fourth-order valence-electron chi connectivity index (χ4n) is 4.65. The van der Waals surface area contributed by atoms with Crippen LogP contribution >= 0.6 is 11.6 Å². The second kappa shape index (κ2) is 6.76. The predicted octanol–water partition coefficient (Wildman–Crippen LogP) is 6.29. The maximum Gasteiger partial charge on any atom is 0.0406 e. The molecule has 2 aliphatic rings. The van der Waals surface area contributed by atoms with Gasteiger partial charge in [-0.25, -0.2) is 0 Å². The van der Waals surface area contributed by atoms with Crippen molar-refractivity contribution in [1.29, 1.82) is 0 Å². The van der Waals surface area contributed by atoms with Gasteiger partial charge in [0.25, 0.3) is 0 Å². The third-order valence-electron chi connectivity index (χ3n) is 5.89. The summed E-state index contributed by atoms with van der Waals surface area (Å²) < 4.78 is 0. The van der Waals surface area contributed by atoms with Crippen LogP contribution in [0.4, 0.5) is 0 Å². The van der Waals surface area contributed by atoms with E-state index in [1.54, 1.807) is 22.3 Å². The van der Waals surface area contributed by atoms with Crippen LogP contribution in [0, 0.1) is 5.92 Å². The molecule has 2 aromatic rings. The Bertz CT molecular complexity index is 754. The van der Waals surface area contributed by atoms with Gasteiger partial charge in [0.2, 0.25) is 0 Å². The number of allylic oxidation sites excluding steroid dienone is 2. The van der Waals surface area contributed by atoms with Gasteiger partial charge >= 0.3 is 0 Å². The molecule has 0 saturated carbocycles. The average molecular weight is 337 g/mol. The maximum atomic E-state index is 6.04. The van der Waals surface area contributed by atoms with Gasteiger partial charge in [-0.3, -0.25) is 0 Å². The molecule has 0 saturated heterocycles. The monoisotopic (exact) mass is 336 g/mol. The van der Waals surface area contributed by atoms with Gasteiger partial charge in [0.1, 0.15) is 0 Å². The summed E-state index contributed by atoms with van der Waals surface area (Å²) in [6, 6.07) is 13.3. The van der Waals surface area contributed by atoms with Gasteiger partial charge in [0.15, 0.2) is 0 Å². The van der Waals surface area contributed by atoms with Crippen molar-refractivity contribution in [2.75, 3.05) is 0 Å². The Morgan fingerprint density at radius 1 is 0.875 bits per heavy atom. The molecular formula is C23H25Cl. The van der Waals surface area contributed by atoms with E-state index in [0.717, 1.165) is 10.9 Å². The molecule has 4 rings (SSSR count). The Kier molecular flexibility index (Phi) is 4.50. The second-order valence-corrected chi connectivity index (χ2v) is 7.80. The summed E-state index contributed by atoms with van der Waals surface area (Å²) in [5.41, 5.74) is 7.99. The van der Waals surface area contributed by atoms with E-state index in [9.17, 15) is 0 Å². The molecule has 0 unspecified atom stereocenters. The van der Waals surface area contributed by atoms with Crippen molar-refractivity contribution < 1.29 is 0 Å². The summed E-state index contributed by atoms with van der Waals surface area (Å²) in [4.78, 5) is 0. The van der Waals surface area contributed by atoms with Gasteiger partial charge in [-0.2, -0.15) is 0 Å². The first-order valence-electron chi connectivity index (χ1n) is 9.25. The van der Waals surface area contributed by atoms with E-state index in [1.807, 2.05) is 12.1 Å². The lowest BCUT2D eigenvalue weighted by atomic mass is 9.74. The zero-order valence-electron chi connectivity index (χ0n) is 14.4. The summed E-state index contributed by atoms with van der Waals surface area (Å²) in [5.74, 6) is 1.39. The quantitative estimate of drug-likeness (QED) is 0.565. The minimum absolute atomic E-state index is 0.646. The topological polar surface area (TPSA) is 0 Å². The number of hydrogen-bond acceptors (Lipinski definition) is 0. The molecule has 24 heavy (non-hydrogen) atoms. The average Bonchev–Trinajstić information content (AvgIpc) is 2.62. The van der Waals surface area contributed by atoms with E-state index in [1.165, 1.54) is 44.1 Å². The Morgan fingerprint density at radius 2 is 1.54 bits per heavy atom. The van der Waals surface area contributed by atoms with Crippen LogP contribution in [-0.2, 0) is 25.7 Å². The van der Waals surface area contributed by atoms with E-state index in [4.69, 9.17) is 11.6 Å². The zero-order valence-corrected chi connectivity index (χ0v) is 15.2. The standard InChI is InChI=1S/C23H25Cl/c1-2-3-16-4-12-22-19(14-16)5-6-20-15-18(9-13-23(20)22)17-7-10-21(24)11-8-17/h2-3,5-8,10-11,16,18H,4,9,12-15H2,1H3/t16-,18-/m0/s1. The van der Waals surface area contributed by atoms with Crippen molar-refractivity contribution in [3.63, 3.8) is 0 Å². The zero-order chi connectivity index (χ0) is 16.5. The van der Waals surface area contributed by atoms with Crippen molar-refractivity contribution in [3.8, 4) is 0 Å². The van der Waals surface area contributed by atoms with Crippen LogP contribution < -0.4 is 0 Å². The summed E-state index contributed by atoms with van der Waals surface area (Å²) >= 11 is 6.04. The molecule has 0 nitrogen and oxygen atoms in total. The normalized spacial score (nSPS) is 23.1. The molecule has 0 bridgehead atoms. The Morgan fingerprint density at radius 3 is 2.25 bits per heavy atom. The number of rotatable bonds is 2.